The van der Waals surface area contributed by atoms with Gasteiger partial charge in [0.1, 0.15) is 0 Å². The SMILES string of the molecule is COC1(c2ccccc2C)CCc2c(C(=O)N3CC(F)(F)C3)cn3c(C)c(C)nc3c2O1. The van der Waals surface area contributed by atoms with Crippen molar-refractivity contribution in [2.24, 2.45) is 0 Å². The molecule has 1 aromatic carbocycles. The predicted molar refractivity (Wildman–Crippen MR) is 114 cm³/mol. The molecule has 0 N–H and O–H groups in total. The van der Waals surface area contributed by atoms with E-state index in [4.69, 9.17) is 9.47 Å². The average molecular weight is 441 g/mol. The number of methoxy groups -OCH3 is 1. The van der Waals surface area contributed by atoms with Crippen LogP contribution in [0.2, 0.25) is 0 Å². The number of rotatable bonds is 3. The molecule has 6 nitrogen and oxygen atoms in total. The van der Waals surface area contributed by atoms with Crippen LogP contribution in [0.1, 0.15) is 44.9 Å². The Hall–Kier alpha value is -3.00. The summed E-state index contributed by atoms with van der Waals surface area (Å²) in [6.07, 6.45) is 2.68. The lowest BCUT2D eigenvalue weighted by atomic mass is 9.89. The van der Waals surface area contributed by atoms with Gasteiger partial charge in [-0.05, 0) is 32.8 Å². The van der Waals surface area contributed by atoms with E-state index in [-0.39, 0.29) is 0 Å². The molecule has 2 aliphatic rings. The Balaban J connectivity index is 1.67. The van der Waals surface area contributed by atoms with Crippen LogP contribution >= 0.6 is 0 Å². The maximum Gasteiger partial charge on any atom is 0.282 e. The molecule has 1 fully saturated rings. The molecule has 8 heteroatoms. The van der Waals surface area contributed by atoms with Crippen LogP contribution in [0.5, 0.6) is 5.75 Å². The third kappa shape index (κ3) is 3.00. The summed E-state index contributed by atoms with van der Waals surface area (Å²) in [5.41, 5.74) is 5.25. The largest absolute Gasteiger partial charge is 0.454 e. The van der Waals surface area contributed by atoms with E-state index < -0.39 is 30.7 Å². The number of hydrogen-bond donors (Lipinski definition) is 0. The molecule has 1 saturated heterocycles. The van der Waals surface area contributed by atoms with Crippen LogP contribution in [0.15, 0.2) is 30.5 Å². The molecule has 4 heterocycles. The molecule has 0 aliphatic carbocycles. The Morgan fingerprint density at radius 2 is 1.91 bits per heavy atom. The van der Waals surface area contributed by atoms with Crippen molar-refractivity contribution in [3.05, 3.63) is 64.1 Å². The van der Waals surface area contributed by atoms with Gasteiger partial charge in [-0.2, -0.15) is 0 Å². The summed E-state index contributed by atoms with van der Waals surface area (Å²) in [5.74, 6) is -3.80. The van der Waals surface area contributed by atoms with E-state index in [0.29, 0.717) is 35.4 Å². The summed E-state index contributed by atoms with van der Waals surface area (Å²) in [6, 6.07) is 7.86. The molecule has 5 rings (SSSR count). The maximum atomic E-state index is 13.4. The monoisotopic (exact) mass is 441 g/mol. The molecule has 2 aromatic heterocycles. The number of carbonyl (C=O) groups is 1. The van der Waals surface area contributed by atoms with Crippen molar-refractivity contribution in [2.75, 3.05) is 20.2 Å². The van der Waals surface area contributed by atoms with E-state index in [1.165, 1.54) is 4.90 Å². The number of ether oxygens (including phenoxy) is 2. The Morgan fingerprint density at radius 3 is 2.56 bits per heavy atom. The molecule has 0 saturated carbocycles. The molecule has 3 aromatic rings. The van der Waals surface area contributed by atoms with Crippen LogP contribution in [0, 0.1) is 20.8 Å². The van der Waals surface area contributed by atoms with Crippen molar-refractivity contribution in [1.29, 1.82) is 0 Å². The Labute approximate surface area is 184 Å². The first kappa shape index (κ1) is 20.9. The van der Waals surface area contributed by atoms with Crippen LogP contribution in [0.3, 0.4) is 0 Å². The van der Waals surface area contributed by atoms with Gasteiger partial charge in [-0.25, -0.2) is 13.8 Å². The van der Waals surface area contributed by atoms with E-state index in [1.54, 1.807) is 13.3 Å². The second-order valence-electron chi connectivity index (χ2n) is 8.72. The van der Waals surface area contributed by atoms with E-state index in [9.17, 15) is 13.6 Å². The summed E-state index contributed by atoms with van der Waals surface area (Å²) in [4.78, 5) is 19.0. The molecule has 0 radical (unpaired) electrons. The van der Waals surface area contributed by atoms with Gasteiger partial charge < -0.3 is 18.8 Å². The molecule has 0 spiro atoms. The number of likely N-dealkylation sites (tertiary alicyclic amines) is 1. The molecule has 0 bridgehead atoms. The van der Waals surface area contributed by atoms with Crippen LogP contribution < -0.4 is 4.74 Å². The number of amides is 1. The van der Waals surface area contributed by atoms with E-state index in [1.807, 2.05) is 49.4 Å². The zero-order valence-corrected chi connectivity index (χ0v) is 18.5. The lowest BCUT2D eigenvalue weighted by molar-refractivity contribution is -0.183. The Bertz CT molecular complexity index is 1250. The van der Waals surface area contributed by atoms with Gasteiger partial charge in [0.05, 0.1) is 24.3 Å². The highest BCUT2D eigenvalue weighted by molar-refractivity contribution is 5.97. The molecule has 32 heavy (non-hydrogen) atoms. The van der Waals surface area contributed by atoms with Gasteiger partial charge in [-0.1, -0.05) is 24.3 Å². The Kier molecular flexibility index (Phi) is 4.57. The summed E-state index contributed by atoms with van der Waals surface area (Å²) in [7, 11) is 1.61. The van der Waals surface area contributed by atoms with Crippen LogP contribution in [-0.2, 0) is 16.9 Å². The summed E-state index contributed by atoms with van der Waals surface area (Å²) < 4.78 is 41.2. The number of imidazole rings is 1. The smallest absolute Gasteiger partial charge is 0.282 e. The average Bonchev–Trinajstić information content (AvgIpc) is 3.05. The van der Waals surface area contributed by atoms with E-state index in [2.05, 4.69) is 4.98 Å². The fraction of sp³-hybridized carbons (Fsp3) is 0.417. The number of benzene rings is 1. The minimum atomic E-state index is -2.83. The number of carbonyl (C=O) groups excluding carboxylic acids is 1. The quantitative estimate of drug-likeness (QED) is 0.612. The fourth-order valence-electron chi connectivity index (χ4n) is 4.72. The molecule has 1 amide bonds. The highest BCUT2D eigenvalue weighted by Crippen LogP contribution is 2.45. The predicted octanol–water partition coefficient (Wildman–Crippen LogP) is 4.18. The molecule has 1 atom stereocenters. The fourth-order valence-corrected chi connectivity index (χ4v) is 4.72. The van der Waals surface area contributed by atoms with E-state index in [0.717, 1.165) is 22.5 Å². The van der Waals surface area contributed by atoms with Crippen molar-refractivity contribution in [1.82, 2.24) is 14.3 Å². The number of nitrogens with zero attached hydrogens (tertiary/aromatic N) is 3. The van der Waals surface area contributed by atoms with Gasteiger partial charge in [0, 0.05) is 36.5 Å². The van der Waals surface area contributed by atoms with Crippen LogP contribution in [-0.4, -0.2) is 46.3 Å². The lowest BCUT2D eigenvalue weighted by Crippen LogP contribution is -2.58. The topological polar surface area (TPSA) is 56.1 Å². The van der Waals surface area contributed by atoms with Gasteiger partial charge in [0.25, 0.3) is 11.8 Å². The second kappa shape index (κ2) is 7.00. The van der Waals surface area contributed by atoms with Crippen molar-refractivity contribution in [2.45, 2.75) is 45.3 Å². The van der Waals surface area contributed by atoms with Crippen LogP contribution in [0.25, 0.3) is 5.65 Å². The summed E-state index contributed by atoms with van der Waals surface area (Å²) in [6.45, 7) is 4.67. The summed E-state index contributed by atoms with van der Waals surface area (Å²) >= 11 is 0. The molecular weight excluding hydrogens is 416 g/mol. The zero-order chi connectivity index (χ0) is 22.8. The van der Waals surface area contributed by atoms with Crippen molar-refractivity contribution < 1.29 is 23.0 Å². The highest BCUT2D eigenvalue weighted by atomic mass is 19.3. The number of pyridine rings is 1. The number of aryl methyl sites for hydroxylation is 3. The molecule has 2 aliphatic heterocycles. The number of alkyl halides is 2. The van der Waals surface area contributed by atoms with Gasteiger partial charge in [0.15, 0.2) is 11.4 Å². The van der Waals surface area contributed by atoms with Crippen LogP contribution in [0.4, 0.5) is 8.78 Å². The van der Waals surface area contributed by atoms with E-state index >= 15 is 0 Å². The van der Waals surface area contributed by atoms with Gasteiger partial charge in [-0.15, -0.1) is 0 Å². The first-order valence-electron chi connectivity index (χ1n) is 10.6. The second-order valence-corrected chi connectivity index (χ2v) is 8.72. The normalized spacial score (nSPS) is 21.8. The number of fused-ring (bicyclic) bond motifs is 3. The third-order valence-corrected chi connectivity index (χ3v) is 6.67. The maximum absolute atomic E-state index is 13.4. The van der Waals surface area contributed by atoms with Crippen molar-refractivity contribution in [3.8, 4) is 5.75 Å². The molecule has 168 valence electrons. The molecular formula is C24H25F2N3O3. The number of aromatic nitrogens is 2. The lowest BCUT2D eigenvalue weighted by Gasteiger charge is -2.41. The molecule has 1 unspecified atom stereocenters. The van der Waals surface area contributed by atoms with Gasteiger partial charge in [0.2, 0.25) is 5.79 Å². The Morgan fingerprint density at radius 1 is 1.19 bits per heavy atom. The zero-order valence-electron chi connectivity index (χ0n) is 18.5. The van der Waals surface area contributed by atoms with Gasteiger partial charge in [-0.3, -0.25) is 4.79 Å². The van der Waals surface area contributed by atoms with Crippen molar-refractivity contribution in [3.63, 3.8) is 0 Å². The van der Waals surface area contributed by atoms with Crippen molar-refractivity contribution >= 4 is 11.6 Å². The third-order valence-electron chi connectivity index (χ3n) is 6.67. The van der Waals surface area contributed by atoms with Gasteiger partial charge >= 0.3 is 0 Å². The first-order chi connectivity index (χ1) is 15.2. The summed E-state index contributed by atoms with van der Waals surface area (Å²) in [5, 5.41) is 0. The standard InChI is InChI=1S/C24H25F2N3O3/c1-14-7-5-6-8-19(14)24(31-4)10-9-17-18(22(30)28-12-23(25,26)13-28)11-29-16(3)15(2)27-21(29)20(17)32-24/h5-8,11H,9-10,12-13H2,1-4H3. The minimum absolute atomic E-state index is 0.373. The minimum Gasteiger partial charge on any atom is -0.454 e. The number of hydrogen-bond acceptors (Lipinski definition) is 4. The number of halogens is 2. The highest BCUT2D eigenvalue weighted by Gasteiger charge is 2.48. The first-order valence-corrected chi connectivity index (χ1v) is 10.6.